The summed E-state index contributed by atoms with van der Waals surface area (Å²) in [4.78, 5) is 11.1. The number of hydrogen-bond donors (Lipinski definition) is 0. The molecule has 2 atom stereocenters. The van der Waals surface area contributed by atoms with Crippen LogP contribution >= 0.6 is 11.6 Å². The number of carbonyl (C=O) groups excluding carboxylic acids is 1. The third kappa shape index (κ3) is 1.27. The summed E-state index contributed by atoms with van der Waals surface area (Å²) in [6, 6.07) is 3.75. The predicted molar refractivity (Wildman–Crippen MR) is 45.3 cm³/mol. The first kappa shape index (κ1) is 7.87. The molecule has 0 amide bonds. The molecular formula is C9H9ClO2. The number of rotatable bonds is 3. The Labute approximate surface area is 75.5 Å². The van der Waals surface area contributed by atoms with Gasteiger partial charge in [-0.05, 0) is 18.6 Å². The van der Waals surface area contributed by atoms with Crippen LogP contribution in [0, 0.1) is 5.92 Å². The van der Waals surface area contributed by atoms with Crippen LogP contribution in [0.25, 0.3) is 0 Å². The maximum Gasteiger partial charge on any atom is 0.151 e. The van der Waals surface area contributed by atoms with Gasteiger partial charge < -0.3 is 4.42 Å². The molecule has 0 aromatic carbocycles. The summed E-state index contributed by atoms with van der Waals surface area (Å²) < 4.78 is 5.19. The van der Waals surface area contributed by atoms with Gasteiger partial charge in [0.1, 0.15) is 5.76 Å². The summed E-state index contributed by atoms with van der Waals surface area (Å²) in [5, 5.41) is 0. The molecule has 12 heavy (non-hydrogen) atoms. The van der Waals surface area contributed by atoms with E-state index >= 15 is 0 Å². The normalized spacial score (nSPS) is 27.1. The highest BCUT2D eigenvalue weighted by molar-refractivity contribution is 6.28. The van der Waals surface area contributed by atoms with E-state index in [-0.39, 0.29) is 17.6 Å². The van der Waals surface area contributed by atoms with Gasteiger partial charge in [0.2, 0.25) is 0 Å². The highest BCUT2D eigenvalue weighted by Gasteiger charge is 2.44. The minimum Gasteiger partial charge on any atom is -0.469 e. The summed E-state index contributed by atoms with van der Waals surface area (Å²) in [5.74, 6) is 1.60. The molecule has 0 saturated heterocycles. The topological polar surface area (TPSA) is 30.2 Å². The fourth-order valence-electron chi connectivity index (χ4n) is 1.47. The lowest BCUT2D eigenvalue weighted by atomic mass is 10.2. The lowest BCUT2D eigenvalue weighted by molar-refractivity contribution is -0.118. The van der Waals surface area contributed by atoms with Gasteiger partial charge in [0.05, 0.1) is 12.1 Å². The molecule has 2 rings (SSSR count). The summed E-state index contributed by atoms with van der Waals surface area (Å²) in [7, 11) is 0. The average Bonchev–Trinajstić information content (AvgIpc) is 2.71. The van der Waals surface area contributed by atoms with E-state index in [9.17, 15) is 4.79 Å². The Morgan fingerprint density at radius 1 is 1.75 bits per heavy atom. The first-order chi connectivity index (χ1) is 5.83. The minimum absolute atomic E-state index is 0.119. The molecule has 1 heterocycles. The molecule has 0 unspecified atom stereocenters. The Hall–Kier alpha value is -0.760. The van der Waals surface area contributed by atoms with Crippen molar-refractivity contribution in [1.29, 1.82) is 0 Å². The van der Waals surface area contributed by atoms with Crippen molar-refractivity contribution >= 4 is 17.4 Å². The van der Waals surface area contributed by atoms with Crippen LogP contribution in [0.2, 0.25) is 0 Å². The van der Waals surface area contributed by atoms with Gasteiger partial charge in [-0.1, -0.05) is 0 Å². The second-order valence-corrected chi connectivity index (χ2v) is 3.33. The molecular weight excluding hydrogens is 176 g/mol. The van der Waals surface area contributed by atoms with Crippen LogP contribution in [0.15, 0.2) is 22.8 Å². The monoisotopic (exact) mass is 184 g/mol. The van der Waals surface area contributed by atoms with E-state index in [1.165, 1.54) is 0 Å². The molecule has 2 nitrogen and oxygen atoms in total. The van der Waals surface area contributed by atoms with Crippen molar-refractivity contribution in [2.75, 3.05) is 5.88 Å². The average molecular weight is 185 g/mol. The molecule has 3 heteroatoms. The number of Topliss-reactive ketones (excluding diaryl/α,β-unsaturated/α-hetero) is 1. The first-order valence-corrected chi connectivity index (χ1v) is 4.48. The highest BCUT2D eigenvalue weighted by Crippen LogP contribution is 2.48. The van der Waals surface area contributed by atoms with E-state index in [2.05, 4.69) is 0 Å². The van der Waals surface area contributed by atoms with Crippen molar-refractivity contribution in [2.45, 2.75) is 12.3 Å². The number of ketones is 1. The van der Waals surface area contributed by atoms with E-state index in [0.29, 0.717) is 5.92 Å². The first-order valence-electron chi connectivity index (χ1n) is 3.95. The Balaban J connectivity index is 2.01. The molecule has 0 spiro atoms. The minimum atomic E-state index is 0.119. The van der Waals surface area contributed by atoms with Crippen molar-refractivity contribution in [3.8, 4) is 0 Å². The van der Waals surface area contributed by atoms with Crippen LogP contribution in [0.3, 0.4) is 0 Å². The lowest BCUT2D eigenvalue weighted by Crippen LogP contribution is -2.02. The van der Waals surface area contributed by atoms with Crippen LogP contribution < -0.4 is 0 Å². The number of carbonyl (C=O) groups is 1. The fourth-order valence-corrected chi connectivity index (χ4v) is 1.66. The third-order valence-electron chi connectivity index (χ3n) is 2.24. The molecule has 1 aliphatic rings. The molecule has 0 N–H and O–H groups in total. The van der Waals surface area contributed by atoms with Crippen molar-refractivity contribution in [3.63, 3.8) is 0 Å². The highest BCUT2D eigenvalue weighted by atomic mass is 35.5. The molecule has 64 valence electrons. The third-order valence-corrected chi connectivity index (χ3v) is 2.51. The zero-order chi connectivity index (χ0) is 8.55. The lowest BCUT2D eigenvalue weighted by Gasteiger charge is -1.91. The summed E-state index contributed by atoms with van der Waals surface area (Å²) in [6.45, 7) is 0. The summed E-state index contributed by atoms with van der Waals surface area (Å²) in [6.07, 6.45) is 2.54. The fraction of sp³-hybridized carbons (Fsp3) is 0.444. The van der Waals surface area contributed by atoms with Crippen LogP contribution in [0.4, 0.5) is 0 Å². The van der Waals surface area contributed by atoms with Gasteiger partial charge in [0.15, 0.2) is 5.78 Å². The Bertz CT molecular complexity index is 279. The number of alkyl halides is 1. The zero-order valence-electron chi connectivity index (χ0n) is 6.50. The molecule has 0 radical (unpaired) electrons. The Kier molecular flexibility index (Phi) is 1.93. The van der Waals surface area contributed by atoms with Crippen LogP contribution in [0.1, 0.15) is 18.1 Å². The van der Waals surface area contributed by atoms with Gasteiger partial charge in [-0.3, -0.25) is 4.79 Å². The van der Waals surface area contributed by atoms with Gasteiger partial charge in [-0.15, -0.1) is 11.6 Å². The Morgan fingerprint density at radius 2 is 2.58 bits per heavy atom. The van der Waals surface area contributed by atoms with Crippen molar-refractivity contribution in [2.24, 2.45) is 5.92 Å². The van der Waals surface area contributed by atoms with Gasteiger partial charge >= 0.3 is 0 Å². The molecule has 1 saturated carbocycles. The number of halogens is 1. The number of furan rings is 1. The van der Waals surface area contributed by atoms with Gasteiger partial charge in [0.25, 0.3) is 0 Å². The van der Waals surface area contributed by atoms with Crippen molar-refractivity contribution in [1.82, 2.24) is 0 Å². The molecule has 1 fully saturated rings. The molecule has 0 aliphatic heterocycles. The summed E-state index contributed by atoms with van der Waals surface area (Å²) >= 11 is 5.43. The maximum atomic E-state index is 11.1. The van der Waals surface area contributed by atoms with Crippen LogP contribution in [0.5, 0.6) is 0 Å². The van der Waals surface area contributed by atoms with E-state index in [0.717, 1.165) is 12.2 Å². The molecule has 0 bridgehead atoms. The molecule has 1 aromatic rings. The van der Waals surface area contributed by atoms with E-state index in [1.807, 2.05) is 12.1 Å². The van der Waals surface area contributed by atoms with E-state index in [4.69, 9.17) is 16.0 Å². The van der Waals surface area contributed by atoms with Crippen LogP contribution in [-0.4, -0.2) is 11.7 Å². The van der Waals surface area contributed by atoms with Gasteiger partial charge in [0, 0.05) is 11.8 Å². The largest absolute Gasteiger partial charge is 0.469 e. The molecule has 1 aliphatic carbocycles. The van der Waals surface area contributed by atoms with E-state index < -0.39 is 0 Å². The zero-order valence-corrected chi connectivity index (χ0v) is 7.25. The predicted octanol–water partition coefficient (Wildman–Crippen LogP) is 2.19. The SMILES string of the molecule is O=C(CCl)[C@@H]1C[C@H]1c1ccco1. The van der Waals surface area contributed by atoms with Crippen molar-refractivity contribution in [3.05, 3.63) is 24.2 Å². The van der Waals surface area contributed by atoms with Crippen LogP contribution in [-0.2, 0) is 4.79 Å². The second kappa shape index (κ2) is 2.94. The standard InChI is InChI=1S/C9H9ClO2/c10-5-8(11)6-4-7(6)9-2-1-3-12-9/h1-3,6-7H,4-5H2/t6-,7-/m1/s1. The van der Waals surface area contributed by atoms with Gasteiger partial charge in [-0.2, -0.15) is 0 Å². The number of hydrogen-bond acceptors (Lipinski definition) is 2. The van der Waals surface area contributed by atoms with E-state index in [1.54, 1.807) is 6.26 Å². The smallest absolute Gasteiger partial charge is 0.151 e. The Morgan fingerprint density at radius 3 is 3.17 bits per heavy atom. The maximum absolute atomic E-state index is 11.1. The molecule has 1 aromatic heterocycles. The second-order valence-electron chi connectivity index (χ2n) is 3.06. The van der Waals surface area contributed by atoms with Gasteiger partial charge in [-0.25, -0.2) is 0 Å². The van der Waals surface area contributed by atoms with Crippen molar-refractivity contribution < 1.29 is 9.21 Å². The quantitative estimate of drug-likeness (QED) is 0.675. The summed E-state index contributed by atoms with van der Waals surface area (Å²) in [5.41, 5.74) is 0.